The van der Waals surface area contributed by atoms with Crippen LogP contribution in [0.1, 0.15) is 0 Å². The van der Waals surface area contributed by atoms with Crippen molar-refractivity contribution in [2.75, 3.05) is 0 Å². The quantitative estimate of drug-likeness (QED) is 0.453. The van der Waals surface area contributed by atoms with Crippen LogP contribution in [-0.4, -0.2) is 15.2 Å². The van der Waals surface area contributed by atoms with E-state index in [0.717, 1.165) is 4.73 Å². The summed E-state index contributed by atoms with van der Waals surface area (Å²) in [5, 5.41) is 9.70. The maximum atomic E-state index is 9.16. The zero-order valence-corrected chi connectivity index (χ0v) is 6.21. The number of H-pyrrole nitrogens is 1. The lowest BCUT2D eigenvalue weighted by atomic mass is 10.4. The van der Waals surface area contributed by atoms with E-state index in [2.05, 4.69) is 9.97 Å². The van der Waals surface area contributed by atoms with E-state index in [1.165, 1.54) is 12.5 Å². The van der Waals surface area contributed by atoms with Gasteiger partial charge in [0.2, 0.25) is 6.33 Å². The van der Waals surface area contributed by atoms with Crippen LogP contribution in [0.4, 0.5) is 0 Å². The van der Waals surface area contributed by atoms with Crippen molar-refractivity contribution in [3.05, 3.63) is 23.6 Å². The summed E-state index contributed by atoms with van der Waals surface area (Å²) in [5.74, 6) is 0. The number of imidazole rings is 1. The standard InChI is InChI=1S/C6H4ClN3O/c7-4-1-2-10(11)6-5(4)8-3-9-6/h1-3,11H/p+1. The van der Waals surface area contributed by atoms with Crippen molar-refractivity contribution in [2.24, 2.45) is 0 Å². The first-order valence-corrected chi connectivity index (χ1v) is 3.39. The summed E-state index contributed by atoms with van der Waals surface area (Å²) in [5.41, 5.74) is 1.06. The lowest BCUT2D eigenvalue weighted by Gasteiger charge is -1.88. The van der Waals surface area contributed by atoms with E-state index >= 15 is 0 Å². The number of nitrogens with one attached hydrogen (secondary N) is 1. The molecular weight excluding hydrogens is 166 g/mol. The third-order valence-electron chi connectivity index (χ3n) is 1.44. The minimum Gasteiger partial charge on any atom is -0.350 e. The van der Waals surface area contributed by atoms with Gasteiger partial charge in [0.25, 0.3) is 0 Å². The average Bonchev–Trinajstić information content (AvgIpc) is 2.45. The zero-order valence-electron chi connectivity index (χ0n) is 5.45. The lowest BCUT2D eigenvalue weighted by molar-refractivity contribution is -0.885. The molecule has 11 heavy (non-hydrogen) atoms. The van der Waals surface area contributed by atoms with E-state index in [-0.39, 0.29) is 0 Å². The topological polar surface area (TPSA) is 52.8 Å². The smallest absolute Gasteiger partial charge is 0.350 e. The molecule has 2 heterocycles. The van der Waals surface area contributed by atoms with E-state index in [1.54, 1.807) is 6.07 Å². The molecule has 0 amide bonds. The second-order valence-electron chi connectivity index (χ2n) is 2.11. The number of aromatic nitrogens is 3. The van der Waals surface area contributed by atoms with E-state index in [9.17, 15) is 0 Å². The van der Waals surface area contributed by atoms with Gasteiger partial charge in [0.15, 0.2) is 5.52 Å². The number of pyridine rings is 1. The summed E-state index contributed by atoms with van der Waals surface area (Å²) in [6, 6.07) is 1.59. The van der Waals surface area contributed by atoms with Crippen molar-refractivity contribution in [3.8, 4) is 0 Å². The summed E-state index contributed by atoms with van der Waals surface area (Å²) < 4.78 is 0.914. The Bertz CT molecular complexity index is 362. The Hall–Kier alpha value is -1.29. The number of nitrogens with zero attached hydrogens (tertiary/aromatic N) is 2. The Morgan fingerprint density at radius 3 is 3.18 bits per heavy atom. The van der Waals surface area contributed by atoms with Crippen LogP contribution in [0.25, 0.3) is 11.2 Å². The summed E-state index contributed by atoms with van der Waals surface area (Å²) >= 11 is 5.77. The van der Waals surface area contributed by atoms with Crippen LogP contribution in [0.15, 0.2) is 18.6 Å². The molecule has 0 aromatic carbocycles. The Kier molecular flexibility index (Phi) is 1.22. The van der Waals surface area contributed by atoms with Gasteiger partial charge in [-0.3, -0.25) is 0 Å². The van der Waals surface area contributed by atoms with Gasteiger partial charge in [-0.05, 0) is 9.71 Å². The van der Waals surface area contributed by atoms with Crippen LogP contribution in [0.2, 0.25) is 5.02 Å². The highest BCUT2D eigenvalue weighted by Crippen LogP contribution is 2.15. The molecule has 5 heteroatoms. The van der Waals surface area contributed by atoms with Crippen molar-refractivity contribution in [1.29, 1.82) is 0 Å². The second kappa shape index (κ2) is 2.10. The first-order valence-electron chi connectivity index (χ1n) is 3.01. The van der Waals surface area contributed by atoms with E-state index in [0.29, 0.717) is 16.2 Å². The summed E-state index contributed by atoms with van der Waals surface area (Å²) in [7, 11) is 0. The Labute approximate surface area is 67.0 Å². The molecule has 4 nitrogen and oxygen atoms in total. The van der Waals surface area contributed by atoms with Crippen molar-refractivity contribution >= 4 is 22.8 Å². The molecule has 2 aromatic heterocycles. The molecule has 0 atom stereocenters. The number of hydrogen-bond acceptors (Lipinski definition) is 2. The van der Waals surface area contributed by atoms with Gasteiger partial charge in [-0.15, -0.1) is 0 Å². The predicted molar refractivity (Wildman–Crippen MR) is 38.5 cm³/mol. The largest absolute Gasteiger partial charge is 0.388 e. The molecule has 2 rings (SSSR count). The first kappa shape index (κ1) is 6.42. The van der Waals surface area contributed by atoms with Gasteiger partial charge in [-0.25, -0.2) is 0 Å². The molecule has 2 aromatic rings. The van der Waals surface area contributed by atoms with Crippen LogP contribution >= 0.6 is 11.6 Å². The summed E-state index contributed by atoms with van der Waals surface area (Å²) in [6.45, 7) is 0. The van der Waals surface area contributed by atoms with Crippen LogP contribution in [0, 0.1) is 0 Å². The summed E-state index contributed by atoms with van der Waals surface area (Å²) in [4.78, 5) is 6.66. The maximum absolute atomic E-state index is 9.16. The molecule has 0 aliphatic heterocycles. The first-order chi connectivity index (χ1) is 5.29. The molecule has 0 spiro atoms. The third-order valence-corrected chi connectivity index (χ3v) is 1.75. The number of fused-ring (bicyclic) bond motifs is 1. The normalized spacial score (nSPS) is 10.6. The number of halogens is 1. The fourth-order valence-corrected chi connectivity index (χ4v) is 1.12. The van der Waals surface area contributed by atoms with Crippen molar-refractivity contribution in [2.45, 2.75) is 0 Å². The zero-order chi connectivity index (χ0) is 7.84. The van der Waals surface area contributed by atoms with Gasteiger partial charge >= 0.3 is 5.65 Å². The van der Waals surface area contributed by atoms with Gasteiger partial charge in [0, 0.05) is 6.07 Å². The third kappa shape index (κ3) is 0.832. The van der Waals surface area contributed by atoms with Gasteiger partial charge in [-0.2, -0.15) is 0 Å². The maximum Gasteiger partial charge on any atom is 0.388 e. The Morgan fingerprint density at radius 1 is 1.64 bits per heavy atom. The van der Waals surface area contributed by atoms with Crippen LogP contribution in [0.5, 0.6) is 0 Å². The van der Waals surface area contributed by atoms with Crippen LogP contribution in [-0.2, 0) is 0 Å². The van der Waals surface area contributed by atoms with Crippen molar-refractivity contribution in [3.63, 3.8) is 0 Å². The van der Waals surface area contributed by atoms with E-state index < -0.39 is 0 Å². The van der Waals surface area contributed by atoms with E-state index in [1.807, 2.05) is 0 Å². The molecule has 0 aliphatic carbocycles. The molecule has 56 valence electrons. The number of aromatic amines is 1. The Balaban J connectivity index is 2.96. The van der Waals surface area contributed by atoms with Gasteiger partial charge in [0.05, 0.1) is 5.02 Å². The average molecular weight is 171 g/mol. The van der Waals surface area contributed by atoms with Gasteiger partial charge in [-0.1, -0.05) is 11.6 Å². The Morgan fingerprint density at radius 2 is 2.45 bits per heavy atom. The highest BCUT2D eigenvalue weighted by Gasteiger charge is 2.12. The predicted octanol–water partition coefficient (Wildman–Crippen LogP) is 0.741. The molecule has 2 N–H and O–H groups in total. The van der Waals surface area contributed by atoms with Crippen LogP contribution < -0.4 is 4.73 Å². The van der Waals surface area contributed by atoms with E-state index in [4.69, 9.17) is 16.8 Å². The molecule has 0 unspecified atom stereocenters. The molecule has 0 bridgehead atoms. The molecule has 0 aliphatic rings. The number of hydrogen-bond donors (Lipinski definition) is 2. The minimum atomic E-state index is 0.428. The fourth-order valence-electron chi connectivity index (χ4n) is 0.926. The highest BCUT2D eigenvalue weighted by atomic mass is 35.5. The molecule has 0 radical (unpaired) electrons. The second-order valence-corrected chi connectivity index (χ2v) is 2.52. The molecule has 0 saturated carbocycles. The lowest BCUT2D eigenvalue weighted by Crippen LogP contribution is -2.30. The molecule has 0 fully saturated rings. The van der Waals surface area contributed by atoms with Gasteiger partial charge < -0.3 is 10.2 Å². The number of rotatable bonds is 0. The SMILES string of the molecule is O[n+]1ccc(Cl)c2[nH]cnc21. The fraction of sp³-hybridized carbons (Fsp3) is 0. The highest BCUT2D eigenvalue weighted by molar-refractivity contribution is 6.34. The van der Waals surface area contributed by atoms with Crippen molar-refractivity contribution in [1.82, 2.24) is 9.97 Å². The molecule has 0 saturated heterocycles. The monoisotopic (exact) mass is 170 g/mol. The summed E-state index contributed by atoms with van der Waals surface area (Å²) in [6.07, 6.45) is 2.91. The van der Waals surface area contributed by atoms with Crippen LogP contribution in [0.3, 0.4) is 0 Å². The molecular formula is C6H5ClN3O+. The van der Waals surface area contributed by atoms with Crippen molar-refractivity contribution < 1.29 is 9.94 Å². The minimum absolute atomic E-state index is 0.428. The van der Waals surface area contributed by atoms with Gasteiger partial charge in [0.1, 0.15) is 6.20 Å².